The average molecular weight is 385 g/mol. The first kappa shape index (κ1) is 19.8. The summed E-state index contributed by atoms with van der Waals surface area (Å²) in [4.78, 5) is 17.7. The van der Waals surface area contributed by atoms with Crippen molar-refractivity contribution in [1.82, 2.24) is 9.80 Å². The maximum atomic E-state index is 13.1. The van der Waals surface area contributed by atoms with Crippen molar-refractivity contribution in [3.05, 3.63) is 29.8 Å². The van der Waals surface area contributed by atoms with Crippen molar-refractivity contribution in [2.24, 2.45) is 11.8 Å². The molecular weight excluding hydrogens is 348 g/mol. The van der Waals surface area contributed by atoms with E-state index in [0.29, 0.717) is 17.9 Å². The summed E-state index contributed by atoms with van der Waals surface area (Å²) in [6, 6.07) is 8.89. The van der Waals surface area contributed by atoms with Gasteiger partial charge in [-0.2, -0.15) is 0 Å². The van der Waals surface area contributed by atoms with Crippen LogP contribution in [0.15, 0.2) is 24.3 Å². The standard InChI is InChI=1S/C24H36N2O2/c1-25-14-6-8-20(16-25)18-28-23-11-5-7-19(15-23)17-26(22-12-13-22)24(27)21-9-3-2-4-10-21/h5,7,11,15,20-22H,2-4,6,8-10,12-14,16-18H2,1H3. The van der Waals surface area contributed by atoms with Crippen molar-refractivity contribution in [3.8, 4) is 5.75 Å². The lowest BCUT2D eigenvalue weighted by Crippen LogP contribution is -2.38. The van der Waals surface area contributed by atoms with E-state index in [1.807, 2.05) is 0 Å². The molecule has 4 rings (SSSR count). The zero-order valence-corrected chi connectivity index (χ0v) is 17.4. The van der Waals surface area contributed by atoms with E-state index in [1.54, 1.807) is 0 Å². The van der Waals surface area contributed by atoms with E-state index in [1.165, 1.54) is 57.1 Å². The number of hydrogen-bond acceptors (Lipinski definition) is 3. The van der Waals surface area contributed by atoms with Gasteiger partial charge in [0.1, 0.15) is 5.75 Å². The van der Waals surface area contributed by atoms with E-state index in [0.717, 1.165) is 38.3 Å². The summed E-state index contributed by atoms with van der Waals surface area (Å²) in [5, 5.41) is 0. The Morgan fingerprint density at radius 3 is 2.68 bits per heavy atom. The third-order valence-electron chi connectivity index (χ3n) is 6.68. The molecule has 2 saturated carbocycles. The maximum absolute atomic E-state index is 13.1. The summed E-state index contributed by atoms with van der Waals surface area (Å²) in [6.45, 7) is 3.87. The smallest absolute Gasteiger partial charge is 0.226 e. The van der Waals surface area contributed by atoms with Crippen molar-refractivity contribution in [2.75, 3.05) is 26.7 Å². The molecule has 4 heteroatoms. The molecule has 3 aliphatic rings. The third-order valence-corrected chi connectivity index (χ3v) is 6.68. The first-order valence-electron chi connectivity index (χ1n) is 11.4. The van der Waals surface area contributed by atoms with Crippen LogP contribution in [0.4, 0.5) is 0 Å². The highest BCUT2D eigenvalue weighted by molar-refractivity contribution is 5.79. The van der Waals surface area contributed by atoms with Gasteiger partial charge < -0.3 is 14.5 Å². The molecule has 1 unspecified atom stereocenters. The van der Waals surface area contributed by atoms with E-state index >= 15 is 0 Å². The summed E-state index contributed by atoms with van der Waals surface area (Å²) in [6.07, 6.45) is 10.8. The van der Waals surface area contributed by atoms with E-state index in [2.05, 4.69) is 41.1 Å². The fourth-order valence-corrected chi connectivity index (χ4v) is 4.91. The van der Waals surface area contributed by atoms with E-state index in [4.69, 9.17) is 4.74 Å². The summed E-state index contributed by atoms with van der Waals surface area (Å²) in [5.74, 6) is 2.24. The molecule has 0 N–H and O–H groups in total. The number of likely N-dealkylation sites (tertiary alicyclic amines) is 1. The highest BCUT2D eigenvalue weighted by atomic mass is 16.5. The molecule has 2 aliphatic carbocycles. The van der Waals surface area contributed by atoms with Gasteiger partial charge in [0.05, 0.1) is 6.61 Å². The van der Waals surface area contributed by atoms with Gasteiger partial charge in [-0.3, -0.25) is 4.79 Å². The number of ether oxygens (including phenoxy) is 1. The number of piperidine rings is 1. The molecule has 4 nitrogen and oxygen atoms in total. The number of benzene rings is 1. The molecule has 3 fully saturated rings. The molecule has 1 amide bonds. The van der Waals surface area contributed by atoms with Gasteiger partial charge in [-0.05, 0) is 69.8 Å². The number of carbonyl (C=O) groups is 1. The lowest BCUT2D eigenvalue weighted by Gasteiger charge is -2.30. The minimum Gasteiger partial charge on any atom is -0.493 e. The highest BCUT2D eigenvalue weighted by Crippen LogP contribution is 2.33. The molecule has 0 spiro atoms. The predicted molar refractivity (Wildman–Crippen MR) is 112 cm³/mol. The zero-order chi connectivity index (χ0) is 19.3. The van der Waals surface area contributed by atoms with Crippen molar-refractivity contribution >= 4 is 5.91 Å². The minimum absolute atomic E-state index is 0.261. The molecule has 0 bridgehead atoms. The summed E-state index contributed by atoms with van der Waals surface area (Å²) in [7, 11) is 2.20. The number of nitrogens with zero attached hydrogens (tertiary/aromatic N) is 2. The largest absolute Gasteiger partial charge is 0.493 e. The molecule has 154 valence electrons. The molecule has 1 aliphatic heterocycles. The summed E-state index contributed by atoms with van der Waals surface area (Å²) >= 11 is 0. The Bertz CT molecular complexity index is 652. The van der Waals surface area contributed by atoms with Crippen LogP contribution in [0.25, 0.3) is 0 Å². The topological polar surface area (TPSA) is 32.8 Å². The van der Waals surface area contributed by atoms with Gasteiger partial charge in [0, 0.05) is 31.0 Å². The molecular formula is C24H36N2O2. The highest BCUT2D eigenvalue weighted by Gasteiger charge is 2.36. The van der Waals surface area contributed by atoms with Crippen LogP contribution in [0.5, 0.6) is 5.75 Å². The molecule has 28 heavy (non-hydrogen) atoms. The van der Waals surface area contributed by atoms with Gasteiger partial charge in [-0.25, -0.2) is 0 Å². The monoisotopic (exact) mass is 384 g/mol. The Morgan fingerprint density at radius 1 is 1.11 bits per heavy atom. The van der Waals surface area contributed by atoms with Gasteiger partial charge in [-0.1, -0.05) is 31.4 Å². The van der Waals surface area contributed by atoms with Crippen LogP contribution in [0.2, 0.25) is 0 Å². The number of amides is 1. The van der Waals surface area contributed by atoms with Crippen LogP contribution in [-0.4, -0.2) is 48.5 Å². The molecule has 1 atom stereocenters. The van der Waals surface area contributed by atoms with Crippen LogP contribution in [0.1, 0.15) is 63.4 Å². The van der Waals surface area contributed by atoms with Crippen molar-refractivity contribution in [3.63, 3.8) is 0 Å². The lowest BCUT2D eigenvalue weighted by atomic mass is 9.88. The average Bonchev–Trinajstić information content (AvgIpc) is 3.56. The second kappa shape index (κ2) is 9.30. The van der Waals surface area contributed by atoms with Crippen LogP contribution < -0.4 is 4.74 Å². The lowest BCUT2D eigenvalue weighted by molar-refractivity contribution is -0.137. The fourth-order valence-electron chi connectivity index (χ4n) is 4.91. The van der Waals surface area contributed by atoms with Crippen molar-refractivity contribution < 1.29 is 9.53 Å². The van der Waals surface area contributed by atoms with Crippen molar-refractivity contribution in [2.45, 2.75) is 70.4 Å². The first-order valence-corrected chi connectivity index (χ1v) is 11.4. The van der Waals surface area contributed by atoms with E-state index in [9.17, 15) is 4.79 Å². The molecule has 0 radical (unpaired) electrons. The maximum Gasteiger partial charge on any atom is 0.226 e. The molecule has 1 aromatic rings. The van der Waals surface area contributed by atoms with Gasteiger partial charge in [0.15, 0.2) is 0 Å². The molecule has 1 saturated heterocycles. The SMILES string of the molecule is CN1CCCC(COc2cccc(CN(C(=O)C3CCCCC3)C3CC3)c2)C1. The summed E-state index contributed by atoms with van der Waals surface area (Å²) in [5.41, 5.74) is 1.20. The zero-order valence-electron chi connectivity index (χ0n) is 17.4. The van der Waals surface area contributed by atoms with Crippen LogP contribution in [0, 0.1) is 11.8 Å². The van der Waals surface area contributed by atoms with Crippen LogP contribution >= 0.6 is 0 Å². The van der Waals surface area contributed by atoms with Gasteiger partial charge >= 0.3 is 0 Å². The van der Waals surface area contributed by atoms with Crippen LogP contribution in [-0.2, 0) is 11.3 Å². The van der Waals surface area contributed by atoms with Crippen LogP contribution in [0.3, 0.4) is 0 Å². The fraction of sp³-hybridized carbons (Fsp3) is 0.708. The Hall–Kier alpha value is -1.55. The van der Waals surface area contributed by atoms with E-state index in [-0.39, 0.29) is 5.92 Å². The molecule has 0 aromatic heterocycles. The molecule has 1 heterocycles. The minimum atomic E-state index is 0.261. The van der Waals surface area contributed by atoms with Gasteiger partial charge in [0.2, 0.25) is 5.91 Å². The second-order valence-electron chi connectivity index (χ2n) is 9.26. The Kier molecular flexibility index (Phi) is 6.56. The third kappa shape index (κ3) is 5.28. The van der Waals surface area contributed by atoms with Gasteiger partial charge in [-0.15, -0.1) is 0 Å². The predicted octanol–water partition coefficient (Wildman–Crippen LogP) is 4.48. The quantitative estimate of drug-likeness (QED) is 0.695. The number of carbonyl (C=O) groups excluding carboxylic acids is 1. The number of hydrogen-bond donors (Lipinski definition) is 0. The second-order valence-corrected chi connectivity index (χ2v) is 9.26. The Balaban J connectivity index is 1.35. The number of rotatable bonds is 7. The molecule has 1 aromatic carbocycles. The Labute approximate surface area is 170 Å². The van der Waals surface area contributed by atoms with E-state index < -0.39 is 0 Å². The normalized spacial score (nSPS) is 24.1. The van der Waals surface area contributed by atoms with Gasteiger partial charge in [0.25, 0.3) is 0 Å². The van der Waals surface area contributed by atoms with Crippen molar-refractivity contribution in [1.29, 1.82) is 0 Å². The first-order chi connectivity index (χ1) is 13.7. The Morgan fingerprint density at radius 2 is 1.93 bits per heavy atom. The summed E-state index contributed by atoms with van der Waals surface area (Å²) < 4.78 is 6.14.